The van der Waals surface area contributed by atoms with Gasteiger partial charge < -0.3 is 9.30 Å². The number of carbonyl (C=O) groups is 1. The van der Waals surface area contributed by atoms with Crippen LogP contribution in [0.25, 0.3) is 5.65 Å². The lowest BCUT2D eigenvalue weighted by atomic mass is 9.90. The summed E-state index contributed by atoms with van der Waals surface area (Å²) < 4.78 is 42.1. The number of carbonyl (C=O) groups excluding carboxylic acids is 1. The van der Waals surface area contributed by atoms with E-state index >= 15 is 0 Å². The minimum absolute atomic E-state index is 0.0298. The van der Waals surface area contributed by atoms with E-state index in [9.17, 15) is 18.0 Å². The highest BCUT2D eigenvalue weighted by Crippen LogP contribution is 2.35. The zero-order valence-corrected chi connectivity index (χ0v) is 17.7. The van der Waals surface area contributed by atoms with Gasteiger partial charge in [-0.1, -0.05) is 31.2 Å². The van der Waals surface area contributed by atoms with Gasteiger partial charge in [0.15, 0.2) is 0 Å². The van der Waals surface area contributed by atoms with E-state index in [1.807, 2.05) is 34.4 Å². The molecule has 164 valence electrons. The third kappa shape index (κ3) is 4.45. The van der Waals surface area contributed by atoms with Gasteiger partial charge in [-0.3, -0.25) is 4.79 Å². The molecule has 1 aliphatic heterocycles. The Balaban J connectivity index is 1.75. The maximum Gasteiger partial charge on any atom is 0.416 e. The maximum atomic E-state index is 13.4. The number of halogens is 3. The quantitative estimate of drug-likeness (QED) is 0.554. The van der Waals surface area contributed by atoms with Crippen molar-refractivity contribution in [1.82, 2.24) is 14.3 Å². The number of benzene rings is 1. The Labute approximate surface area is 179 Å². The normalized spacial score (nSPS) is 16.6. The molecule has 7 heteroatoms. The molecule has 4 nitrogen and oxygen atoms in total. The number of aryl methyl sites for hydroxylation is 1. The molecule has 0 aliphatic carbocycles. The Morgan fingerprint density at radius 2 is 1.87 bits per heavy atom. The summed E-state index contributed by atoms with van der Waals surface area (Å²) in [6.07, 6.45) is -0.747. The van der Waals surface area contributed by atoms with Crippen LogP contribution in [-0.4, -0.2) is 33.3 Å². The fraction of sp³-hybridized carbons (Fsp3) is 0.417. The molecule has 31 heavy (non-hydrogen) atoms. The molecule has 1 saturated heterocycles. The number of hydrogen-bond donors (Lipinski definition) is 0. The van der Waals surface area contributed by atoms with Gasteiger partial charge in [-0.2, -0.15) is 13.2 Å². The summed E-state index contributed by atoms with van der Waals surface area (Å²) in [4.78, 5) is 19.4. The lowest BCUT2D eigenvalue weighted by Gasteiger charge is -2.31. The average molecular weight is 429 g/mol. The first kappa shape index (κ1) is 21.4. The van der Waals surface area contributed by atoms with Crippen molar-refractivity contribution in [2.24, 2.45) is 5.92 Å². The van der Waals surface area contributed by atoms with Crippen LogP contribution in [-0.2, 0) is 11.0 Å². The monoisotopic (exact) mass is 429 g/mol. The fourth-order valence-corrected chi connectivity index (χ4v) is 4.36. The van der Waals surface area contributed by atoms with Gasteiger partial charge in [-0.05, 0) is 49.4 Å². The minimum Gasteiger partial charge on any atom is -0.343 e. The first-order valence-corrected chi connectivity index (χ1v) is 10.6. The molecule has 1 aromatic carbocycles. The Morgan fingerprint density at radius 1 is 1.16 bits per heavy atom. The van der Waals surface area contributed by atoms with Crippen molar-refractivity contribution in [2.75, 3.05) is 13.1 Å². The first-order valence-electron chi connectivity index (χ1n) is 10.6. The number of nitrogens with zero attached hydrogens (tertiary/aromatic N) is 3. The van der Waals surface area contributed by atoms with E-state index in [1.165, 1.54) is 6.07 Å². The lowest BCUT2D eigenvalue weighted by Crippen LogP contribution is -2.38. The summed E-state index contributed by atoms with van der Waals surface area (Å²) in [7, 11) is 0. The summed E-state index contributed by atoms with van der Waals surface area (Å²) in [5.74, 6) is 0.0350. The van der Waals surface area contributed by atoms with Crippen LogP contribution in [0.1, 0.15) is 54.6 Å². The van der Waals surface area contributed by atoms with Crippen LogP contribution in [0.5, 0.6) is 0 Å². The highest BCUT2D eigenvalue weighted by atomic mass is 19.4. The van der Waals surface area contributed by atoms with E-state index in [1.54, 1.807) is 12.3 Å². The lowest BCUT2D eigenvalue weighted by molar-refractivity contribution is -0.137. The fourth-order valence-electron chi connectivity index (χ4n) is 4.36. The number of alkyl halides is 3. The third-order valence-electron chi connectivity index (χ3n) is 6.24. The van der Waals surface area contributed by atoms with E-state index in [-0.39, 0.29) is 12.3 Å². The van der Waals surface area contributed by atoms with Crippen LogP contribution >= 0.6 is 0 Å². The predicted molar refractivity (Wildman–Crippen MR) is 113 cm³/mol. The molecule has 1 unspecified atom stereocenters. The van der Waals surface area contributed by atoms with Crippen LogP contribution in [0.4, 0.5) is 13.2 Å². The highest BCUT2D eigenvalue weighted by molar-refractivity contribution is 5.78. The summed E-state index contributed by atoms with van der Waals surface area (Å²) in [5.41, 5.74) is 2.12. The highest BCUT2D eigenvalue weighted by Gasteiger charge is 2.32. The second kappa shape index (κ2) is 8.36. The summed E-state index contributed by atoms with van der Waals surface area (Å²) in [6.45, 7) is 5.49. The Morgan fingerprint density at radius 3 is 2.58 bits per heavy atom. The van der Waals surface area contributed by atoms with Gasteiger partial charge >= 0.3 is 6.18 Å². The predicted octanol–water partition coefficient (Wildman–Crippen LogP) is 5.44. The average Bonchev–Trinajstić information content (AvgIpc) is 3.17. The molecule has 1 atom stereocenters. The van der Waals surface area contributed by atoms with E-state index in [0.717, 1.165) is 36.4 Å². The van der Waals surface area contributed by atoms with Crippen molar-refractivity contribution >= 4 is 11.6 Å². The van der Waals surface area contributed by atoms with Gasteiger partial charge in [0.2, 0.25) is 5.91 Å². The van der Waals surface area contributed by atoms with Crippen molar-refractivity contribution in [1.29, 1.82) is 0 Å². The van der Waals surface area contributed by atoms with Crippen LogP contribution in [0, 0.1) is 12.8 Å². The van der Waals surface area contributed by atoms with Gasteiger partial charge in [0.25, 0.3) is 0 Å². The Bertz CT molecular complexity index is 1080. The zero-order chi connectivity index (χ0) is 22.2. The molecular weight excluding hydrogens is 403 g/mol. The van der Waals surface area contributed by atoms with Gasteiger partial charge in [-0.15, -0.1) is 0 Å². The smallest absolute Gasteiger partial charge is 0.343 e. The Hall–Kier alpha value is -2.83. The van der Waals surface area contributed by atoms with E-state index < -0.39 is 17.7 Å². The number of amides is 1. The van der Waals surface area contributed by atoms with Crippen LogP contribution in [0.2, 0.25) is 0 Å². The molecular formula is C24H26F3N3O. The molecule has 1 amide bonds. The molecule has 2 aromatic heterocycles. The van der Waals surface area contributed by atoms with Crippen LogP contribution < -0.4 is 0 Å². The second-order valence-corrected chi connectivity index (χ2v) is 8.49. The van der Waals surface area contributed by atoms with Crippen LogP contribution in [0.3, 0.4) is 0 Å². The van der Waals surface area contributed by atoms with Gasteiger partial charge in [0.05, 0.1) is 11.3 Å². The van der Waals surface area contributed by atoms with E-state index in [0.29, 0.717) is 30.2 Å². The topological polar surface area (TPSA) is 37.6 Å². The van der Waals surface area contributed by atoms with Crippen LogP contribution in [0.15, 0.2) is 48.7 Å². The SMILES string of the molecule is Cc1cccc2ncc(C(CC(=O)N3CCC(C)CC3)c3cccc(C(F)(F)F)c3)n12. The van der Waals surface area contributed by atoms with Crippen molar-refractivity contribution in [3.05, 3.63) is 71.2 Å². The van der Waals surface area contributed by atoms with Crippen molar-refractivity contribution in [3.8, 4) is 0 Å². The summed E-state index contributed by atoms with van der Waals surface area (Å²) in [5, 5.41) is 0. The summed E-state index contributed by atoms with van der Waals surface area (Å²) >= 11 is 0. The second-order valence-electron chi connectivity index (χ2n) is 8.49. The zero-order valence-electron chi connectivity index (χ0n) is 17.7. The molecule has 0 bridgehead atoms. The number of rotatable bonds is 4. The third-order valence-corrected chi connectivity index (χ3v) is 6.24. The maximum absolute atomic E-state index is 13.4. The number of pyridine rings is 1. The van der Waals surface area contributed by atoms with Gasteiger partial charge in [0.1, 0.15) is 5.65 Å². The van der Waals surface area contributed by atoms with Crippen molar-refractivity contribution < 1.29 is 18.0 Å². The molecule has 0 radical (unpaired) electrons. The van der Waals surface area contributed by atoms with Crippen molar-refractivity contribution in [3.63, 3.8) is 0 Å². The molecule has 1 fully saturated rings. The molecule has 0 saturated carbocycles. The number of likely N-dealkylation sites (tertiary alicyclic amines) is 1. The van der Waals surface area contributed by atoms with Gasteiger partial charge in [0, 0.05) is 37.3 Å². The van der Waals surface area contributed by atoms with E-state index in [2.05, 4.69) is 11.9 Å². The number of aromatic nitrogens is 2. The molecule has 3 aromatic rings. The van der Waals surface area contributed by atoms with E-state index in [4.69, 9.17) is 0 Å². The number of hydrogen-bond acceptors (Lipinski definition) is 2. The molecule has 3 heterocycles. The summed E-state index contributed by atoms with van der Waals surface area (Å²) in [6, 6.07) is 11.0. The molecule has 1 aliphatic rings. The number of fused-ring (bicyclic) bond motifs is 1. The first-order chi connectivity index (χ1) is 14.7. The Kier molecular flexibility index (Phi) is 5.77. The molecule has 0 N–H and O–H groups in total. The number of piperidine rings is 1. The van der Waals surface area contributed by atoms with Gasteiger partial charge in [-0.25, -0.2) is 4.98 Å². The largest absolute Gasteiger partial charge is 0.416 e. The molecule has 0 spiro atoms. The van der Waals surface area contributed by atoms with Crippen molar-refractivity contribution in [2.45, 2.75) is 45.2 Å². The minimum atomic E-state index is -4.44. The number of imidazole rings is 1. The standard InChI is InChI=1S/C24H26F3N3O/c1-16-9-11-29(12-10-16)23(31)14-20(18-6-4-7-19(13-18)24(25,26)27)21-15-28-22-8-3-5-17(2)30(21)22/h3-8,13,15-16,20H,9-12,14H2,1-2H3. The molecule has 4 rings (SSSR count).